The van der Waals surface area contributed by atoms with Gasteiger partial charge in [-0.25, -0.2) is 0 Å². The Labute approximate surface area is 481 Å². The number of esters is 1. The number of unbranched alkanes of at least 4 members (excludes halogenated alkanes) is 51. The molecule has 0 aliphatic rings. The zero-order valence-corrected chi connectivity index (χ0v) is 52.2. The highest BCUT2D eigenvalue weighted by Crippen LogP contribution is 2.19. The first-order chi connectivity index (χ1) is 38.0. The number of hydrogen-bond acceptors (Lipinski definition) is 5. The van der Waals surface area contributed by atoms with E-state index >= 15 is 0 Å². The first-order valence-electron chi connectivity index (χ1n) is 35.1. The van der Waals surface area contributed by atoms with E-state index in [4.69, 9.17) is 4.74 Å². The first-order valence-corrected chi connectivity index (χ1v) is 35.1. The quantitative estimate of drug-likeness (QED) is 0.0320. The maximum absolute atomic E-state index is 12.5. The third kappa shape index (κ3) is 63.4. The molecule has 0 heterocycles. The van der Waals surface area contributed by atoms with E-state index < -0.39 is 12.1 Å². The van der Waals surface area contributed by atoms with Crippen LogP contribution >= 0.6 is 0 Å². The average molecular weight is 1080 g/mol. The van der Waals surface area contributed by atoms with Crippen LogP contribution in [0.25, 0.3) is 0 Å². The van der Waals surface area contributed by atoms with Gasteiger partial charge >= 0.3 is 5.97 Å². The summed E-state index contributed by atoms with van der Waals surface area (Å²) in [5, 5.41) is 23.3. The summed E-state index contributed by atoms with van der Waals surface area (Å²) in [6.07, 6.45) is 83.9. The molecule has 2 unspecified atom stereocenters. The van der Waals surface area contributed by atoms with Crippen LogP contribution in [0.5, 0.6) is 0 Å². The van der Waals surface area contributed by atoms with Crippen LogP contribution in [-0.2, 0) is 14.3 Å². The van der Waals surface area contributed by atoms with Crippen molar-refractivity contribution >= 4 is 11.9 Å². The van der Waals surface area contributed by atoms with Gasteiger partial charge in [0.1, 0.15) is 0 Å². The molecule has 0 bridgehead atoms. The Hall–Kier alpha value is -1.66. The molecule has 0 radical (unpaired) electrons. The highest BCUT2D eigenvalue weighted by Gasteiger charge is 2.20. The van der Waals surface area contributed by atoms with Crippen LogP contribution in [0.4, 0.5) is 0 Å². The molecular weight excluding hydrogens is 947 g/mol. The largest absolute Gasteiger partial charge is 0.466 e. The van der Waals surface area contributed by atoms with Crippen molar-refractivity contribution in [2.45, 2.75) is 405 Å². The van der Waals surface area contributed by atoms with Crippen molar-refractivity contribution in [2.24, 2.45) is 0 Å². The zero-order valence-electron chi connectivity index (χ0n) is 52.2. The maximum atomic E-state index is 12.5. The molecule has 0 aromatic heterocycles. The normalized spacial score (nSPS) is 12.6. The van der Waals surface area contributed by atoms with Crippen molar-refractivity contribution in [1.29, 1.82) is 0 Å². The van der Waals surface area contributed by atoms with Crippen LogP contribution in [0.2, 0.25) is 0 Å². The summed E-state index contributed by atoms with van der Waals surface area (Å²) in [6.45, 7) is 4.94. The minimum absolute atomic E-state index is 0.0106. The smallest absolute Gasteiger partial charge is 0.305 e. The number of ether oxygens (including phenoxy) is 1. The summed E-state index contributed by atoms with van der Waals surface area (Å²) >= 11 is 0. The summed E-state index contributed by atoms with van der Waals surface area (Å²) in [5.74, 6) is -0.0188. The van der Waals surface area contributed by atoms with Crippen molar-refractivity contribution in [3.63, 3.8) is 0 Å². The average Bonchev–Trinajstić information content (AvgIpc) is 3.43. The minimum Gasteiger partial charge on any atom is -0.466 e. The van der Waals surface area contributed by atoms with E-state index in [9.17, 15) is 19.8 Å². The van der Waals surface area contributed by atoms with Crippen molar-refractivity contribution in [3.05, 3.63) is 24.3 Å². The van der Waals surface area contributed by atoms with E-state index in [1.54, 1.807) is 0 Å². The van der Waals surface area contributed by atoms with Gasteiger partial charge in [0.05, 0.1) is 25.4 Å². The molecule has 0 aliphatic carbocycles. The Morgan fingerprint density at radius 3 is 0.961 bits per heavy atom. The number of amides is 1. The second-order valence-electron chi connectivity index (χ2n) is 24.2. The zero-order chi connectivity index (χ0) is 55.7. The predicted molar refractivity (Wildman–Crippen MR) is 338 cm³/mol. The Balaban J connectivity index is 3.31. The maximum Gasteiger partial charge on any atom is 0.305 e. The molecule has 456 valence electrons. The second-order valence-corrected chi connectivity index (χ2v) is 24.2. The lowest BCUT2D eigenvalue weighted by Crippen LogP contribution is -2.45. The lowest BCUT2D eigenvalue weighted by molar-refractivity contribution is -0.143. The molecule has 0 spiro atoms. The van der Waals surface area contributed by atoms with Gasteiger partial charge in [-0.2, -0.15) is 0 Å². The number of carbonyl (C=O) groups is 2. The number of aliphatic hydroxyl groups is 2. The first kappa shape index (κ1) is 75.3. The molecular formula is C71H137NO5. The van der Waals surface area contributed by atoms with Crippen LogP contribution in [0.15, 0.2) is 24.3 Å². The minimum atomic E-state index is -0.660. The SMILES string of the molecule is CCCC/C=C\CCCCCCCC(=O)OCCCCCCCCCCCCCCCCCC/C=C\CCCCCCCCCCCCCCCCCCCC(=O)NC(CO)C(O)CCCCCCCCCCCCCC. The number of hydrogen-bond donors (Lipinski definition) is 3. The topological polar surface area (TPSA) is 95.9 Å². The molecule has 6 nitrogen and oxygen atoms in total. The van der Waals surface area contributed by atoms with E-state index in [0.717, 1.165) is 44.9 Å². The van der Waals surface area contributed by atoms with Crippen molar-refractivity contribution in [2.75, 3.05) is 13.2 Å². The highest BCUT2D eigenvalue weighted by atomic mass is 16.5. The van der Waals surface area contributed by atoms with Gasteiger partial charge in [0, 0.05) is 12.8 Å². The Kier molecular flexibility index (Phi) is 65.4. The molecule has 0 aromatic rings. The number of allylic oxidation sites excluding steroid dienone is 4. The summed E-state index contributed by atoms with van der Waals surface area (Å²) < 4.78 is 5.47. The molecule has 2 atom stereocenters. The van der Waals surface area contributed by atoms with E-state index in [2.05, 4.69) is 43.5 Å². The van der Waals surface area contributed by atoms with Gasteiger partial charge in [-0.3, -0.25) is 9.59 Å². The second kappa shape index (κ2) is 66.8. The van der Waals surface area contributed by atoms with E-state index in [0.29, 0.717) is 25.9 Å². The van der Waals surface area contributed by atoms with Gasteiger partial charge in [-0.05, 0) is 70.6 Å². The molecule has 6 heteroatoms. The molecule has 3 N–H and O–H groups in total. The lowest BCUT2D eigenvalue weighted by Gasteiger charge is -2.22. The molecule has 77 heavy (non-hydrogen) atoms. The fourth-order valence-electron chi connectivity index (χ4n) is 11.1. The molecule has 1 amide bonds. The summed E-state index contributed by atoms with van der Waals surface area (Å²) in [7, 11) is 0. The third-order valence-electron chi connectivity index (χ3n) is 16.5. The van der Waals surface area contributed by atoms with Crippen LogP contribution in [0.3, 0.4) is 0 Å². The lowest BCUT2D eigenvalue weighted by atomic mass is 10.0. The van der Waals surface area contributed by atoms with Crippen molar-refractivity contribution in [3.8, 4) is 0 Å². The van der Waals surface area contributed by atoms with Gasteiger partial charge < -0.3 is 20.3 Å². The number of nitrogens with one attached hydrogen (secondary N) is 1. The fraction of sp³-hybridized carbons (Fsp3) is 0.915. The van der Waals surface area contributed by atoms with Gasteiger partial charge in [-0.1, -0.05) is 334 Å². The molecule has 0 saturated carbocycles. The number of carbonyl (C=O) groups excluding carboxylic acids is 2. The summed E-state index contributed by atoms with van der Waals surface area (Å²) in [4.78, 5) is 24.5. The predicted octanol–water partition coefficient (Wildman–Crippen LogP) is 22.5. The van der Waals surface area contributed by atoms with Crippen LogP contribution in [0.1, 0.15) is 393 Å². The Morgan fingerprint density at radius 2 is 0.623 bits per heavy atom. The number of aliphatic hydroxyl groups excluding tert-OH is 2. The summed E-state index contributed by atoms with van der Waals surface area (Å²) in [6, 6.07) is -0.537. The van der Waals surface area contributed by atoms with Crippen LogP contribution in [0, 0.1) is 0 Å². The van der Waals surface area contributed by atoms with Gasteiger partial charge in [0.2, 0.25) is 5.91 Å². The van der Waals surface area contributed by atoms with Gasteiger partial charge in [0.25, 0.3) is 0 Å². The van der Waals surface area contributed by atoms with Crippen LogP contribution < -0.4 is 5.32 Å². The summed E-state index contributed by atoms with van der Waals surface area (Å²) in [5.41, 5.74) is 0. The van der Waals surface area contributed by atoms with E-state index in [-0.39, 0.29) is 18.5 Å². The standard InChI is InChI=1S/C71H137NO5/c1-3-5-7-9-11-13-15-44-47-51-55-59-63-69(74)68(67-73)72-70(75)64-60-56-52-48-45-41-39-37-35-33-31-29-27-25-23-21-19-17-16-18-20-22-24-26-28-30-32-34-36-38-40-42-46-50-54-58-62-66-77-71(76)65-61-57-53-49-43-14-12-10-8-6-4-2/h10,12,16,18,68-69,73-74H,3-9,11,13-15,17,19-67H2,1-2H3,(H,72,75)/b12-10-,18-16-. The molecule has 0 saturated heterocycles. The number of rotatable bonds is 66. The van der Waals surface area contributed by atoms with Gasteiger partial charge in [-0.15, -0.1) is 0 Å². The molecule has 0 aromatic carbocycles. The molecule has 0 fully saturated rings. The molecule has 0 aliphatic heterocycles. The van der Waals surface area contributed by atoms with E-state index in [1.807, 2.05) is 0 Å². The third-order valence-corrected chi connectivity index (χ3v) is 16.5. The van der Waals surface area contributed by atoms with Crippen molar-refractivity contribution in [1.82, 2.24) is 5.32 Å². The van der Waals surface area contributed by atoms with Crippen molar-refractivity contribution < 1.29 is 24.5 Å². The van der Waals surface area contributed by atoms with Crippen LogP contribution in [-0.4, -0.2) is 47.4 Å². The van der Waals surface area contributed by atoms with Gasteiger partial charge in [0.15, 0.2) is 0 Å². The fourth-order valence-corrected chi connectivity index (χ4v) is 11.1. The highest BCUT2D eigenvalue weighted by molar-refractivity contribution is 5.76. The Morgan fingerprint density at radius 1 is 0.351 bits per heavy atom. The monoisotopic (exact) mass is 1080 g/mol. The Bertz CT molecular complexity index is 1200. The molecule has 0 rings (SSSR count). The van der Waals surface area contributed by atoms with E-state index in [1.165, 1.54) is 315 Å².